The Kier molecular flexibility index (Phi) is 3.35. The average Bonchev–Trinajstić information content (AvgIpc) is 2.60. The minimum atomic E-state index is -0.585. The van der Waals surface area contributed by atoms with Crippen LogP contribution in [0.15, 0.2) is 28.1 Å². The molecule has 0 radical (unpaired) electrons. The van der Waals surface area contributed by atoms with Gasteiger partial charge in [0.1, 0.15) is 5.02 Å². The monoisotopic (exact) mass is 283 g/mol. The zero-order chi connectivity index (χ0) is 13.3. The summed E-state index contributed by atoms with van der Waals surface area (Å²) in [5, 5.41) is 10.9. The van der Waals surface area contributed by atoms with Crippen LogP contribution in [0.2, 0.25) is 5.02 Å². The van der Waals surface area contributed by atoms with Gasteiger partial charge in [-0.15, -0.1) is 0 Å². The van der Waals surface area contributed by atoms with Gasteiger partial charge in [0.05, 0.1) is 9.83 Å². The van der Waals surface area contributed by atoms with E-state index in [4.69, 9.17) is 17.3 Å². The summed E-state index contributed by atoms with van der Waals surface area (Å²) in [4.78, 5) is 25.3. The standard InChI is InChI=1S/C10H6ClN3O3S/c11-6-2-1-5(3-7(6)14(16)17)4-8-9(15)13-10(12)18-8/h1-4H,(H2,12,13,15)/b8-4+. The second kappa shape index (κ2) is 4.79. The van der Waals surface area contributed by atoms with Crippen LogP contribution in [-0.4, -0.2) is 16.0 Å². The number of rotatable bonds is 2. The fourth-order valence-corrected chi connectivity index (χ4v) is 2.20. The molecule has 0 fully saturated rings. The predicted octanol–water partition coefficient (Wildman–Crippen LogP) is 2.18. The lowest BCUT2D eigenvalue weighted by atomic mass is 10.2. The van der Waals surface area contributed by atoms with Crippen LogP contribution in [0.3, 0.4) is 0 Å². The van der Waals surface area contributed by atoms with E-state index in [1.54, 1.807) is 6.07 Å². The summed E-state index contributed by atoms with van der Waals surface area (Å²) < 4.78 is 0. The van der Waals surface area contributed by atoms with Gasteiger partial charge in [-0.3, -0.25) is 14.9 Å². The first-order valence-corrected chi connectivity index (χ1v) is 5.89. The van der Waals surface area contributed by atoms with Gasteiger partial charge >= 0.3 is 0 Å². The molecule has 0 saturated heterocycles. The Balaban J connectivity index is 2.37. The van der Waals surface area contributed by atoms with Gasteiger partial charge in [0.2, 0.25) is 0 Å². The molecule has 0 aromatic heterocycles. The van der Waals surface area contributed by atoms with Gasteiger partial charge in [0, 0.05) is 6.07 Å². The molecule has 6 nitrogen and oxygen atoms in total. The van der Waals surface area contributed by atoms with Gasteiger partial charge in [-0.25, -0.2) is 0 Å². The Hall–Kier alpha value is -1.86. The third-order valence-electron chi connectivity index (χ3n) is 2.10. The molecule has 1 aliphatic heterocycles. The molecular formula is C10H6ClN3O3S. The molecule has 0 aliphatic carbocycles. The van der Waals surface area contributed by atoms with Crippen LogP contribution in [0.25, 0.3) is 6.08 Å². The van der Waals surface area contributed by atoms with E-state index < -0.39 is 10.8 Å². The van der Waals surface area contributed by atoms with E-state index in [-0.39, 0.29) is 15.9 Å². The van der Waals surface area contributed by atoms with Gasteiger partial charge in [-0.1, -0.05) is 17.7 Å². The number of halogens is 1. The van der Waals surface area contributed by atoms with E-state index in [0.29, 0.717) is 10.5 Å². The predicted molar refractivity (Wildman–Crippen MR) is 70.3 cm³/mol. The third kappa shape index (κ3) is 2.52. The van der Waals surface area contributed by atoms with E-state index in [1.807, 2.05) is 0 Å². The molecule has 1 aromatic rings. The molecule has 1 heterocycles. The Morgan fingerprint density at radius 3 is 2.78 bits per heavy atom. The lowest BCUT2D eigenvalue weighted by molar-refractivity contribution is -0.384. The van der Waals surface area contributed by atoms with Crippen LogP contribution in [-0.2, 0) is 4.79 Å². The number of amides is 1. The van der Waals surface area contributed by atoms with Crippen LogP contribution in [0, 0.1) is 10.1 Å². The number of thioether (sulfide) groups is 1. The molecule has 1 aliphatic rings. The van der Waals surface area contributed by atoms with Crippen LogP contribution in [0.1, 0.15) is 5.56 Å². The summed E-state index contributed by atoms with van der Waals surface area (Å²) in [7, 11) is 0. The molecule has 92 valence electrons. The van der Waals surface area contributed by atoms with Crippen LogP contribution < -0.4 is 5.73 Å². The van der Waals surface area contributed by atoms with Crippen LogP contribution >= 0.6 is 23.4 Å². The number of aliphatic imine (C=N–C) groups is 1. The number of nitrogens with two attached hydrogens (primary N) is 1. The molecule has 8 heteroatoms. The number of carbonyl (C=O) groups excluding carboxylic acids is 1. The van der Waals surface area contributed by atoms with E-state index >= 15 is 0 Å². The number of hydrogen-bond donors (Lipinski definition) is 1. The Bertz CT molecular complexity index is 612. The smallest absolute Gasteiger partial charge is 0.288 e. The molecule has 18 heavy (non-hydrogen) atoms. The number of carbonyl (C=O) groups is 1. The number of nitrogens with zero attached hydrogens (tertiary/aromatic N) is 2. The number of benzene rings is 1. The maximum atomic E-state index is 11.4. The summed E-state index contributed by atoms with van der Waals surface area (Å²) in [6, 6.07) is 4.27. The largest absolute Gasteiger partial charge is 0.378 e. The first kappa shape index (κ1) is 12.6. The number of nitro groups is 1. The lowest BCUT2D eigenvalue weighted by Gasteiger charge is -1.98. The summed E-state index contributed by atoms with van der Waals surface area (Å²) in [6.07, 6.45) is 1.49. The summed E-state index contributed by atoms with van der Waals surface area (Å²) in [5.41, 5.74) is 5.67. The Labute approximate surface area is 111 Å². The molecule has 0 bridgehead atoms. The van der Waals surface area contributed by atoms with Crippen molar-refractivity contribution < 1.29 is 9.72 Å². The molecule has 0 spiro atoms. The van der Waals surface area contributed by atoms with Crippen molar-refractivity contribution in [1.82, 2.24) is 0 Å². The summed E-state index contributed by atoms with van der Waals surface area (Å²) in [5.74, 6) is -0.449. The summed E-state index contributed by atoms with van der Waals surface area (Å²) >= 11 is 6.71. The Morgan fingerprint density at radius 2 is 2.22 bits per heavy atom. The maximum absolute atomic E-state index is 11.4. The van der Waals surface area contributed by atoms with Gasteiger partial charge < -0.3 is 5.73 Å². The number of hydrogen-bond acceptors (Lipinski definition) is 5. The number of nitro benzene ring substituents is 1. The van der Waals surface area contributed by atoms with Crippen molar-refractivity contribution in [3.05, 3.63) is 43.8 Å². The van der Waals surface area contributed by atoms with Crippen molar-refractivity contribution in [1.29, 1.82) is 0 Å². The highest BCUT2D eigenvalue weighted by Gasteiger charge is 2.20. The van der Waals surface area contributed by atoms with Gasteiger partial charge in [-0.05, 0) is 29.5 Å². The molecule has 2 rings (SSSR count). The quantitative estimate of drug-likeness (QED) is 0.509. The normalized spacial score (nSPS) is 17.1. The van der Waals surface area contributed by atoms with E-state index in [2.05, 4.69) is 4.99 Å². The van der Waals surface area contributed by atoms with E-state index in [1.165, 1.54) is 18.2 Å². The molecule has 0 unspecified atom stereocenters. The fourth-order valence-electron chi connectivity index (χ4n) is 1.34. The minimum Gasteiger partial charge on any atom is -0.378 e. The topological polar surface area (TPSA) is 98.6 Å². The molecule has 0 atom stereocenters. The van der Waals surface area contributed by atoms with Crippen molar-refractivity contribution in [2.75, 3.05) is 0 Å². The van der Waals surface area contributed by atoms with Crippen molar-refractivity contribution >= 4 is 46.2 Å². The average molecular weight is 284 g/mol. The van der Waals surface area contributed by atoms with Crippen LogP contribution in [0.4, 0.5) is 5.69 Å². The fraction of sp³-hybridized carbons (Fsp3) is 0. The van der Waals surface area contributed by atoms with Gasteiger partial charge in [0.25, 0.3) is 11.6 Å². The maximum Gasteiger partial charge on any atom is 0.288 e. The molecule has 0 saturated carbocycles. The Morgan fingerprint density at radius 1 is 1.50 bits per heavy atom. The number of amidine groups is 1. The van der Waals surface area contributed by atoms with Crippen molar-refractivity contribution in [2.24, 2.45) is 10.7 Å². The first-order valence-electron chi connectivity index (χ1n) is 4.69. The van der Waals surface area contributed by atoms with Crippen LogP contribution in [0.5, 0.6) is 0 Å². The second-order valence-corrected chi connectivity index (χ2v) is 4.80. The van der Waals surface area contributed by atoms with Crippen molar-refractivity contribution in [3.8, 4) is 0 Å². The second-order valence-electron chi connectivity index (χ2n) is 3.33. The third-order valence-corrected chi connectivity index (χ3v) is 3.23. The van der Waals surface area contributed by atoms with E-state index in [0.717, 1.165) is 11.8 Å². The molecular weight excluding hydrogens is 278 g/mol. The lowest BCUT2D eigenvalue weighted by Crippen LogP contribution is -2.01. The van der Waals surface area contributed by atoms with Gasteiger partial charge in [0.15, 0.2) is 5.17 Å². The first-order chi connectivity index (χ1) is 8.47. The molecule has 1 aromatic carbocycles. The zero-order valence-electron chi connectivity index (χ0n) is 8.79. The van der Waals surface area contributed by atoms with Crippen molar-refractivity contribution in [2.45, 2.75) is 0 Å². The SMILES string of the molecule is NC1=NC(=O)/C(=C\c2ccc(Cl)c([N+](=O)[O-])c2)S1. The van der Waals surface area contributed by atoms with Gasteiger partial charge in [-0.2, -0.15) is 4.99 Å². The van der Waals surface area contributed by atoms with E-state index in [9.17, 15) is 14.9 Å². The highest BCUT2D eigenvalue weighted by molar-refractivity contribution is 8.18. The summed E-state index contributed by atoms with van der Waals surface area (Å²) in [6.45, 7) is 0. The minimum absolute atomic E-state index is 0.0447. The molecule has 1 amide bonds. The van der Waals surface area contributed by atoms with Crippen molar-refractivity contribution in [3.63, 3.8) is 0 Å². The highest BCUT2D eigenvalue weighted by Crippen LogP contribution is 2.29. The molecule has 2 N–H and O–H groups in total. The highest BCUT2D eigenvalue weighted by atomic mass is 35.5. The zero-order valence-corrected chi connectivity index (χ0v) is 10.4.